The molecule has 0 aromatic heterocycles. The van der Waals surface area contributed by atoms with Crippen molar-refractivity contribution in [3.8, 4) is 0 Å². The highest BCUT2D eigenvalue weighted by molar-refractivity contribution is 7.89. The highest BCUT2D eigenvalue weighted by Gasteiger charge is 2.51. The average molecular weight is 300 g/mol. The maximum atomic E-state index is 12.3. The van der Waals surface area contributed by atoms with Gasteiger partial charge in [-0.05, 0) is 30.9 Å². The monoisotopic (exact) mass is 300 g/mol. The lowest BCUT2D eigenvalue weighted by Crippen LogP contribution is -2.49. The van der Waals surface area contributed by atoms with Gasteiger partial charge < -0.3 is 5.11 Å². The zero-order valence-electron chi connectivity index (χ0n) is 10.2. The van der Waals surface area contributed by atoms with Crippen LogP contribution in [0.3, 0.4) is 0 Å². The van der Waals surface area contributed by atoms with E-state index in [0.29, 0.717) is 12.8 Å². The standard InChI is InChI=1S/C11H12N2O6S/c14-11(15)10(8-6-7-8)12(13(16)17)20(18,19)9-4-2-1-3-5-9/h1-5,8,10H,6-7H2,(H,14,15)/t10-/m0/s1. The topological polar surface area (TPSA) is 118 Å². The van der Waals surface area contributed by atoms with Gasteiger partial charge in [0.25, 0.3) is 0 Å². The smallest absolute Gasteiger partial charge is 0.334 e. The van der Waals surface area contributed by atoms with Crippen molar-refractivity contribution in [3.05, 3.63) is 40.4 Å². The van der Waals surface area contributed by atoms with E-state index in [4.69, 9.17) is 5.11 Å². The molecule has 1 aliphatic rings. The Morgan fingerprint density at radius 2 is 1.90 bits per heavy atom. The van der Waals surface area contributed by atoms with Crippen LogP contribution in [0.25, 0.3) is 0 Å². The molecule has 1 aromatic rings. The molecule has 1 atom stereocenters. The van der Waals surface area contributed by atoms with Gasteiger partial charge in [0.1, 0.15) is 0 Å². The van der Waals surface area contributed by atoms with E-state index in [1.54, 1.807) is 6.07 Å². The van der Waals surface area contributed by atoms with Crippen molar-refractivity contribution in [3.63, 3.8) is 0 Å². The van der Waals surface area contributed by atoms with Gasteiger partial charge in [-0.25, -0.2) is 14.9 Å². The minimum Gasteiger partial charge on any atom is -0.480 e. The number of carboxylic acid groups (broad SMARTS) is 1. The van der Waals surface area contributed by atoms with Crippen LogP contribution in [0.15, 0.2) is 35.2 Å². The van der Waals surface area contributed by atoms with Crippen LogP contribution in [-0.2, 0) is 14.8 Å². The van der Waals surface area contributed by atoms with Crippen LogP contribution in [0.1, 0.15) is 12.8 Å². The molecule has 2 rings (SSSR count). The third-order valence-electron chi connectivity index (χ3n) is 3.01. The van der Waals surface area contributed by atoms with E-state index in [2.05, 4.69) is 0 Å². The van der Waals surface area contributed by atoms with Crippen molar-refractivity contribution in [2.75, 3.05) is 0 Å². The number of nitrogens with zero attached hydrogens (tertiary/aromatic N) is 2. The first kappa shape index (κ1) is 14.3. The quantitative estimate of drug-likeness (QED) is 0.611. The lowest BCUT2D eigenvalue weighted by Gasteiger charge is -2.20. The van der Waals surface area contributed by atoms with E-state index < -0.39 is 33.0 Å². The van der Waals surface area contributed by atoms with Gasteiger partial charge in [0.2, 0.25) is 6.04 Å². The molecule has 0 unspecified atom stereocenters. The minimum absolute atomic E-state index is 0.137. The second kappa shape index (κ2) is 5.08. The molecule has 0 aliphatic heterocycles. The summed E-state index contributed by atoms with van der Waals surface area (Å²) in [5, 5.41) is 19.0. The van der Waals surface area contributed by atoms with Crippen LogP contribution in [-0.4, -0.2) is 35.0 Å². The summed E-state index contributed by atoms with van der Waals surface area (Å²) in [6, 6.07) is 5.10. The van der Waals surface area contributed by atoms with E-state index in [-0.39, 0.29) is 9.31 Å². The highest BCUT2D eigenvalue weighted by atomic mass is 32.2. The zero-order valence-corrected chi connectivity index (χ0v) is 11.1. The van der Waals surface area contributed by atoms with Crippen molar-refractivity contribution >= 4 is 16.0 Å². The summed E-state index contributed by atoms with van der Waals surface area (Å²) in [6.07, 6.45) is 0.928. The Balaban J connectivity index is 2.48. The molecule has 0 bridgehead atoms. The molecule has 1 saturated carbocycles. The average Bonchev–Trinajstić information content (AvgIpc) is 3.19. The third-order valence-corrected chi connectivity index (χ3v) is 4.73. The van der Waals surface area contributed by atoms with Gasteiger partial charge in [0, 0.05) is 4.41 Å². The predicted octanol–water partition coefficient (Wildman–Crippen LogP) is 0.732. The first-order valence-corrected chi connectivity index (χ1v) is 7.26. The Bertz CT molecular complexity index is 626. The van der Waals surface area contributed by atoms with Gasteiger partial charge in [0.05, 0.1) is 4.90 Å². The Kier molecular flexibility index (Phi) is 3.62. The first-order chi connectivity index (χ1) is 9.35. The van der Waals surface area contributed by atoms with E-state index in [1.165, 1.54) is 24.3 Å². The van der Waals surface area contributed by atoms with Crippen LogP contribution in [0.4, 0.5) is 0 Å². The molecule has 1 N–H and O–H groups in total. The number of carboxylic acids is 1. The van der Waals surface area contributed by atoms with Crippen molar-refractivity contribution < 1.29 is 23.4 Å². The summed E-state index contributed by atoms with van der Waals surface area (Å²) in [7, 11) is -4.50. The lowest BCUT2D eigenvalue weighted by molar-refractivity contribution is -0.626. The number of carbonyl (C=O) groups is 1. The molecule has 108 valence electrons. The molecule has 8 nitrogen and oxygen atoms in total. The number of hydrogen-bond acceptors (Lipinski definition) is 5. The second-order valence-electron chi connectivity index (χ2n) is 4.45. The fraction of sp³-hybridized carbons (Fsp3) is 0.364. The van der Waals surface area contributed by atoms with Crippen molar-refractivity contribution in [1.82, 2.24) is 4.41 Å². The largest absolute Gasteiger partial charge is 0.480 e. The minimum atomic E-state index is -4.50. The van der Waals surface area contributed by atoms with Gasteiger partial charge in [-0.3, -0.25) is 0 Å². The van der Waals surface area contributed by atoms with Gasteiger partial charge >= 0.3 is 16.0 Å². The van der Waals surface area contributed by atoms with Crippen LogP contribution in [0, 0.1) is 16.0 Å². The molecule has 1 aliphatic carbocycles. The molecule has 0 spiro atoms. The predicted molar refractivity (Wildman–Crippen MR) is 66.6 cm³/mol. The molecule has 0 radical (unpaired) electrons. The lowest BCUT2D eigenvalue weighted by atomic mass is 10.2. The second-order valence-corrected chi connectivity index (χ2v) is 6.24. The molecule has 9 heteroatoms. The SMILES string of the molecule is O=C(O)[C@H](C1CC1)N([N+](=O)[O-])S(=O)(=O)c1ccccc1. The molecule has 0 saturated heterocycles. The number of nitro groups is 1. The van der Waals surface area contributed by atoms with Gasteiger partial charge in [-0.15, -0.1) is 0 Å². The Morgan fingerprint density at radius 3 is 2.30 bits per heavy atom. The van der Waals surface area contributed by atoms with Crippen LogP contribution in [0.5, 0.6) is 0 Å². The summed E-state index contributed by atoms with van der Waals surface area (Å²) < 4.78 is 24.4. The van der Waals surface area contributed by atoms with Crippen molar-refractivity contribution in [2.45, 2.75) is 23.8 Å². The molecule has 1 fully saturated rings. The summed E-state index contributed by atoms with van der Waals surface area (Å²) in [5.41, 5.74) is 0. The maximum Gasteiger partial charge on any atom is 0.334 e. The molecule has 1 aromatic carbocycles. The third kappa shape index (κ3) is 2.57. The maximum absolute atomic E-state index is 12.3. The Labute approximate surface area is 114 Å². The van der Waals surface area contributed by atoms with Gasteiger partial charge in [-0.2, -0.15) is 8.42 Å². The molecular weight excluding hydrogens is 288 g/mol. The summed E-state index contributed by atoms with van der Waals surface area (Å²) in [4.78, 5) is 22.0. The Morgan fingerprint density at radius 1 is 1.35 bits per heavy atom. The Hall–Kier alpha value is -2.16. The molecule has 0 amide bonds. The summed E-state index contributed by atoms with van der Waals surface area (Å²) in [5.74, 6) is -2.03. The van der Waals surface area contributed by atoms with Crippen LogP contribution in [0.2, 0.25) is 0 Å². The fourth-order valence-electron chi connectivity index (χ4n) is 1.93. The van der Waals surface area contributed by atoms with Crippen LogP contribution < -0.4 is 0 Å². The normalized spacial score (nSPS) is 16.4. The number of benzene rings is 1. The molecule has 0 heterocycles. The van der Waals surface area contributed by atoms with E-state index in [1.807, 2.05) is 0 Å². The number of aliphatic carboxylic acids is 1. The summed E-state index contributed by atoms with van der Waals surface area (Å²) >= 11 is 0. The highest BCUT2D eigenvalue weighted by Crippen LogP contribution is 2.37. The van der Waals surface area contributed by atoms with E-state index >= 15 is 0 Å². The zero-order chi connectivity index (χ0) is 14.9. The first-order valence-electron chi connectivity index (χ1n) is 5.82. The number of sulfonamides is 1. The van der Waals surface area contributed by atoms with Crippen molar-refractivity contribution in [2.24, 2.45) is 5.92 Å². The van der Waals surface area contributed by atoms with Gasteiger partial charge in [-0.1, -0.05) is 18.2 Å². The summed E-state index contributed by atoms with van der Waals surface area (Å²) in [6.45, 7) is 0. The molecule has 20 heavy (non-hydrogen) atoms. The molecular formula is C11H12N2O6S. The number of hydrogen-bond donors (Lipinski definition) is 1. The number of rotatable bonds is 6. The van der Waals surface area contributed by atoms with Gasteiger partial charge in [0.15, 0.2) is 5.03 Å². The van der Waals surface area contributed by atoms with E-state index in [0.717, 1.165) is 0 Å². The van der Waals surface area contributed by atoms with E-state index in [9.17, 15) is 23.3 Å². The fourth-order valence-corrected chi connectivity index (χ4v) is 3.38. The van der Waals surface area contributed by atoms with Crippen LogP contribution >= 0.6 is 0 Å². The number of hydrazine groups is 1. The van der Waals surface area contributed by atoms with Crippen molar-refractivity contribution in [1.29, 1.82) is 0 Å².